The molecule has 1 saturated carbocycles. The third-order valence-corrected chi connectivity index (χ3v) is 6.11. The molecule has 172 valence electrons. The smallest absolute Gasteiger partial charge is 0.417 e. The Labute approximate surface area is 189 Å². The lowest BCUT2D eigenvalue weighted by molar-refractivity contribution is -0.137. The summed E-state index contributed by atoms with van der Waals surface area (Å²) >= 11 is 0. The van der Waals surface area contributed by atoms with Crippen LogP contribution in [0.5, 0.6) is 11.5 Å². The van der Waals surface area contributed by atoms with E-state index < -0.39 is 17.2 Å². The molecule has 3 aromatic carbocycles. The number of carbonyl (C=O) groups excluding carboxylic acids is 1. The van der Waals surface area contributed by atoms with Crippen LogP contribution in [0.15, 0.2) is 60.7 Å². The molecule has 1 amide bonds. The molecule has 5 rings (SSSR count). The largest absolute Gasteiger partial charge is 0.454 e. The fourth-order valence-electron chi connectivity index (χ4n) is 4.16. The van der Waals surface area contributed by atoms with Crippen LogP contribution >= 0.6 is 0 Å². The van der Waals surface area contributed by atoms with Crippen molar-refractivity contribution in [1.29, 1.82) is 0 Å². The standard InChI is InChI=1S/C25H20F3NO4.H2/c26-25(27,28)20-6-5-18(12-19(20)16-3-1-2-15(10-16)13-30)29-23(31)24(8-9-24)17-4-7-21-22(11-17)33-14-32-21;/h1-7,10-12,30H,8-9,13-14H2,(H,29,31);1H. The molecule has 0 aromatic heterocycles. The lowest BCUT2D eigenvalue weighted by Gasteiger charge is -2.19. The van der Waals surface area contributed by atoms with E-state index in [0.717, 1.165) is 11.6 Å². The Morgan fingerprint density at radius 2 is 1.82 bits per heavy atom. The van der Waals surface area contributed by atoms with Crippen LogP contribution in [0.25, 0.3) is 11.1 Å². The molecule has 33 heavy (non-hydrogen) atoms. The molecule has 2 aliphatic rings. The third kappa shape index (κ3) is 3.91. The van der Waals surface area contributed by atoms with Gasteiger partial charge in [0.2, 0.25) is 12.7 Å². The lowest BCUT2D eigenvalue weighted by atomic mass is 9.93. The number of alkyl halides is 3. The molecule has 0 unspecified atom stereocenters. The average Bonchev–Trinajstić information content (AvgIpc) is 3.49. The van der Waals surface area contributed by atoms with E-state index in [1.807, 2.05) is 6.07 Å². The molecule has 1 aliphatic carbocycles. The molecule has 0 spiro atoms. The van der Waals surface area contributed by atoms with Crippen molar-refractivity contribution < 1.29 is 34.0 Å². The van der Waals surface area contributed by atoms with Crippen LogP contribution in [0.4, 0.5) is 18.9 Å². The van der Waals surface area contributed by atoms with Gasteiger partial charge in [0.1, 0.15) is 0 Å². The number of carbonyl (C=O) groups is 1. The van der Waals surface area contributed by atoms with Crippen molar-refractivity contribution in [3.05, 3.63) is 77.4 Å². The van der Waals surface area contributed by atoms with Gasteiger partial charge in [-0.05, 0) is 71.5 Å². The molecule has 0 radical (unpaired) electrons. The van der Waals surface area contributed by atoms with Crippen molar-refractivity contribution in [2.45, 2.75) is 31.0 Å². The first-order valence-corrected chi connectivity index (χ1v) is 10.4. The minimum atomic E-state index is -4.57. The highest BCUT2D eigenvalue weighted by atomic mass is 19.4. The van der Waals surface area contributed by atoms with Gasteiger partial charge in [0, 0.05) is 7.11 Å². The number of benzene rings is 3. The van der Waals surface area contributed by atoms with Crippen LogP contribution in [0.3, 0.4) is 0 Å². The second-order valence-corrected chi connectivity index (χ2v) is 8.22. The van der Waals surface area contributed by atoms with Crippen molar-refractivity contribution in [3.8, 4) is 22.6 Å². The highest BCUT2D eigenvalue weighted by Gasteiger charge is 2.51. The topological polar surface area (TPSA) is 67.8 Å². The molecular weight excluding hydrogens is 435 g/mol. The number of nitrogens with one attached hydrogen (secondary N) is 1. The van der Waals surface area contributed by atoms with Crippen molar-refractivity contribution in [1.82, 2.24) is 0 Å². The molecule has 1 fully saturated rings. The molecule has 2 N–H and O–H groups in total. The number of halogens is 3. The molecule has 5 nitrogen and oxygen atoms in total. The van der Waals surface area contributed by atoms with Gasteiger partial charge in [0.05, 0.1) is 17.6 Å². The highest BCUT2D eigenvalue weighted by molar-refractivity contribution is 6.02. The van der Waals surface area contributed by atoms with E-state index >= 15 is 0 Å². The molecule has 0 saturated heterocycles. The van der Waals surface area contributed by atoms with Gasteiger partial charge in [-0.3, -0.25) is 4.79 Å². The zero-order valence-corrected chi connectivity index (χ0v) is 17.4. The Morgan fingerprint density at radius 1 is 1.03 bits per heavy atom. The lowest BCUT2D eigenvalue weighted by Crippen LogP contribution is -2.27. The van der Waals surface area contributed by atoms with E-state index in [9.17, 15) is 23.1 Å². The Bertz CT molecular complexity index is 1240. The highest BCUT2D eigenvalue weighted by Crippen LogP contribution is 2.51. The van der Waals surface area contributed by atoms with Crippen molar-refractivity contribution in [2.75, 3.05) is 12.1 Å². The predicted molar refractivity (Wildman–Crippen MR) is 117 cm³/mol. The third-order valence-electron chi connectivity index (χ3n) is 6.11. The summed E-state index contributed by atoms with van der Waals surface area (Å²) in [6.07, 6.45) is -3.31. The summed E-state index contributed by atoms with van der Waals surface area (Å²) in [5.41, 5.74) is 0.227. The SMILES string of the molecule is O=C(Nc1ccc(C(F)(F)F)c(-c2cccc(CO)c2)c1)C1(c2ccc3c(c2)OCO3)CC1.[HH]. The Kier molecular flexibility index (Phi) is 5.05. The summed E-state index contributed by atoms with van der Waals surface area (Å²) in [7, 11) is 0. The van der Waals surface area contributed by atoms with Gasteiger partial charge in [-0.1, -0.05) is 24.3 Å². The molecule has 0 bridgehead atoms. The molecule has 8 heteroatoms. The van der Waals surface area contributed by atoms with Crippen LogP contribution in [-0.4, -0.2) is 17.8 Å². The summed E-state index contributed by atoms with van der Waals surface area (Å²) < 4.78 is 51.8. The first-order valence-electron chi connectivity index (χ1n) is 10.4. The van der Waals surface area contributed by atoms with E-state index in [1.54, 1.807) is 30.3 Å². The summed E-state index contributed by atoms with van der Waals surface area (Å²) in [6, 6.07) is 15.2. The number of fused-ring (bicyclic) bond motifs is 1. The summed E-state index contributed by atoms with van der Waals surface area (Å²) in [5, 5.41) is 12.2. The van der Waals surface area contributed by atoms with Crippen LogP contribution < -0.4 is 14.8 Å². The summed E-state index contributed by atoms with van der Waals surface area (Å²) in [4.78, 5) is 13.2. The number of aliphatic hydroxyl groups excluding tert-OH is 1. The maximum atomic E-state index is 13.7. The monoisotopic (exact) mass is 457 g/mol. The van der Waals surface area contributed by atoms with Crippen molar-refractivity contribution in [3.63, 3.8) is 0 Å². The van der Waals surface area contributed by atoms with E-state index in [-0.39, 0.29) is 32.0 Å². The Morgan fingerprint density at radius 3 is 2.55 bits per heavy atom. The fourth-order valence-corrected chi connectivity index (χ4v) is 4.16. The van der Waals surface area contributed by atoms with Crippen LogP contribution in [0.2, 0.25) is 0 Å². The number of rotatable bonds is 5. The van der Waals surface area contributed by atoms with E-state index in [2.05, 4.69) is 5.32 Å². The molecule has 0 atom stereocenters. The number of anilines is 1. The zero-order chi connectivity index (χ0) is 23.2. The molecule has 3 aromatic rings. The average molecular weight is 457 g/mol. The Balaban J connectivity index is 0.00000274. The van der Waals surface area contributed by atoms with Crippen molar-refractivity contribution in [2.24, 2.45) is 0 Å². The predicted octanol–water partition coefficient (Wildman–Crippen LogP) is 5.51. The minimum absolute atomic E-state index is 0. The fraction of sp³-hybridized carbons (Fsp3) is 0.240. The first-order chi connectivity index (χ1) is 15.8. The van der Waals surface area contributed by atoms with Crippen LogP contribution in [0.1, 0.15) is 31.0 Å². The zero-order valence-electron chi connectivity index (χ0n) is 17.4. The second kappa shape index (κ2) is 7.81. The van der Waals surface area contributed by atoms with Crippen LogP contribution in [-0.2, 0) is 23.0 Å². The molecular formula is C25H22F3NO4. The van der Waals surface area contributed by atoms with E-state index in [4.69, 9.17) is 9.47 Å². The number of hydrogen-bond donors (Lipinski definition) is 2. The van der Waals surface area contributed by atoms with Crippen LogP contribution in [0, 0.1) is 0 Å². The quantitative estimate of drug-likeness (QED) is 0.530. The van der Waals surface area contributed by atoms with Gasteiger partial charge in [0.25, 0.3) is 0 Å². The van der Waals surface area contributed by atoms with E-state index in [1.165, 1.54) is 18.2 Å². The number of ether oxygens (including phenoxy) is 2. The summed E-state index contributed by atoms with van der Waals surface area (Å²) in [6.45, 7) is -0.159. The van der Waals surface area contributed by atoms with Gasteiger partial charge < -0.3 is 19.9 Å². The van der Waals surface area contributed by atoms with Gasteiger partial charge >= 0.3 is 6.18 Å². The summed E-state index contributed by atoms with van der Waals surface area (Å²) in [5.74, 6) is 0.913. The van der Waals surface area contributed by atoms with Gasteiger partial charge in [-0.2, -0.15) is 13.2 Å². The van der Waals surface area contributed by atoms with Crippen molar-refractivity contribution >= 4 is 11.6 Å². The minimum Gasteiger partial charge on any atom is -0.454 e. The van der Waals surface area contributed by atoms with Gasteiger partial charge in [-0.25, -0.2) is 0 Å². The maximum Gasteiger partial charge on any atom is 0.417 e. The van der Waals surface area contributed by atoms with Gasteiger partial charge in [-0.15, -0.1) is 0 Å². The number of hydrogen-bond acceptors (Lipinski definition) is 4. The number of amides is 1. The molecule has 1 aliphatic heterocycles. The molecule has 1 heterocycles. The number of aliphatic hydroxyl groups is 1. The second-order valence-electron chi connectivity index (χ2n) is 8.22. The maximum absolute atomic E-state index is 13.7. The first kappa shape index (κ1) is 21.3. The van der Waals surface area contributed by atoms with E-state index in [0.29, 0.717) is 35.5 Å². The Hall–Kier alpha value is -3.52. The van der Waals surface area contributed by atoms with Gasteiger partial charge in [0.15, 0.2) is 11.5 Å². The normalized spacial score (nSPS) is 15.9.